The van der Waals surface area contributed by atoms with Gasteiger partial charge in [0.25, 0.3) is 5.91 Å². The first-order chi connectivity index (χ1) is 10.5. The van der Waals surface area contributed by atoms with Crippen LogP contribution in [0.5, 0.6) is 0 Å². The zero-order valence-electron chi connectivity index (χ0n) is 12.7. The van der Waals surface area contributed by atoms with Gasteiger partial charge in [-0.05, 0) is 30.7 Å². The second-order valence-electron chi connectivity index (χ2n) is 5.96. The van der Waals surface area contributed by atoms with Crippen LogP contribution in [0.1, 0.15) is 12.5 Å². The number of hydrogen-bond acceptors (Lipinski definition) is 3. The number of anilines is 2. The summed E-state index contributed by atoms with van der Waals surface area (Å²) in [6, 6.07) is 7.54. The van der Waals surface area contributed by atoms with Crippen LogP contribution < -0.4 is 20.9 Å². The second kappa shape index (κ2) is 5.71. The van der Waals surface area contributed by atoms with Gasteiger partial charge >= 0.3 is 0 Å². The lowest BCUT2D eigenvalue weighted by Gasteiger charge is -2.21. The molecule has 4 N–H and O–H groups in total. The average molecular weight is 300 g/mol. The maximum atomic E-state index is 11.9. The van der Waals surface area contributed by atoms with Gasteiger partial charge in [0.05, 0.1) is 7.05 Å². The summed E-state index contributed by atoms with van der Waals surface area (Å²) in [7, 11) is 1.93. The monoisotopic (exact) mass is 300 g/mol. The van der Waals surface area contributed by atoms with Crippen molar-refractivity contribution in [3.05, 3.63) is 43.0 Å². The summed E-state index contributed by atoms with van der Waals surface area (Å²) < 4.78 is 3.84. The molecule has 0 radical (unpaired) electrons. The zero-order valence-corrected chi connectivity index (χ0v) is 12.7. The van der Waals surface area contributed by atoms with Crippen LogP contribution in [0.4, 0.5) is 11.4 Å². The highest BCUT2D eigenvalue weighted by Crippen LogP contribution is 2.31. The first-order valence-corrected chi connectivity index (χ1v) is 7.47. The predicted octanol–water partition coefficient (Wildman–Crippen LogP) is 0.448. The number of benzene rings is 1. The third kappa shape index (κ3) is 2.77. The standard InChI is InChI=1S/C16H21N5O/c1-19-8-9-21(11-19)15(16(18)22)12-6-7-20(10-12)14-4-2-13(17)3-5-14/h2-5,8-9,11-12,15H,6-7,10,17H2,1H3,(H-,18,22)/p+1. The molecule has 0 bridgehead atoms. The van der Waals surface area contributed by atoms with E-state index in [1.54, 1.807) is 0 Å². The lowest BCUT2D eigenvalue weighted by molar-refractivity contribution is -0.671. The van der Waals surface area contributed by atoms with Gasteiger partial charge < -0.3 is 16.4 Å². The fourth-order valence-electron chi connectivity index (χ4n) is 3.22. The molecular weight excluding hydrogens is 278 g/mol. The van der Waals surface area contributed by atoms with Gasteiger partial charge in [-0.2, -0.15) is 0 Å². The molecule has 1 amide bonds. The highest BCUT2D eigenvalue weighted by atomic mass is 16.1. The van der Waals surface area contributed by atoms with Crippen molar-refractivity contribution in [1.29, 1.82) is 0 Å². The number of imidazole rings is 1. The summed E-state index contributed by atoms with van der Waals surface area (Å²) in [5, 5.41) is 0. The van der Waals surface area contributed by atoms with E-state index in [2.05, 4.69) is 4.90 Å². The molecule has 2 unspecified atom stereocenters. The topological polar surface area (TPSA) is 81.2 Å². The van der Waals surface area contributed by atoms with Crippen molar-refractivity contribution in [2.45, 2.75) is 12.5 Å². The fraction of sp³-hybridized carbons (Fsp3) is 0.375. The highest BCUT2D eigenvalue weighted by Gasteiger charge is 2.37. The molecule has 3 rings (SSSR count). The summed E-state index contributed by atoms with van der Waals surface area (Å²) in [5.74, 6) is -0.0668. The molecule has 0 spiro atoms. The van der Waals surface area contributed by atoms with Gasteiger partial charge in [-0.1, -0.05) is 0 Å². The van der Waals surface area contributed by atoms with E-state index in [4.69, 9.17) is 11.5 Å². The number of nitrogens with two attached hydrogens (primary N) is 2. The Balaban J connectivity index is 1.77. The van der Waals surface area contributed by atoms with Crippen LogP contribution in [0.3, 0.4) is 0 Å². The van der Waals surface area contributed by atoms with Crippen molar-refractivity contribution in [2.24, 2.45) is 18.7 Å². The van der Waals surface area contributed by atoms with E-state index in [-0.39, 0.29) is 17.9 Å². The van der Waals surface area contributed by atoms with Crippen molar-refractivity contribution in [3.63, 3.8) is 0 Å². The SMILES string of the molecule is C[n+]1ccn(C(C(N)=O)C2CCN(c3ccc(N)cc3)C2)c1. The number of amides is 1. The first-order valence-electron chi connectivity index (χ1n) is 7.47. The Morgan fingerprint density at radius 3 is 2.68 bits per heavy atom. The molecule has 116 valence electrons. The van der Waals surface area contributed by atoms with Crippen LogP contribution in [0.15, 0.2) is 43.0 Å². The van der Waals surface area contributed by atoms with Crippen molar-refractivity contribution in [3.8, 4) is 0 Å². The van der Waals surface area contributed by atoms with Gasteiger partial charge in [0.2, 0.25) is 6.33 Å². The van der Waals surface area contributed by atoms with Crippen molar-refractivity contribution >= 4 is 17.3 Å². The van der Waals surface area contributed by atoms with E-state index >= 15 is 0 Å². The first kappa shape index (κ1) is 14.4. The number of nitrogens with zero attached hydrogens (tertiary/aromatic N) is 3. The van der Waals surface area contributed by atoms with Crippen LogP contribution in [-0.2, 0) is 11.8 Å². The normalized spacial score (nSPS) is 19.3. The summed E-state index contributed by atoms with van der Waals surface area (Å²) in [4.78, 5) is 14.2. The molecule has 2 atom stereocenters. The van der Waals surface area contributed by atoms with E-state index in [9.17, 15) is 4.79 Å². The van der Waals surface area contributed by atoms with E-state index in [1.165, 1.54) is 0 Å². The summed E-state index contributed by atoms with van der Waals surface area (Å²) in [6.45, 7) is 1.74. The summed E-state index contributed by atoms with van der Waals surface area (Å²) >= 11 is 0. The Hall–Kier alpha value is -2.50. The molecule has 1 aromatic carbocycles. The maximum Gasteiger partial charge on any atom is 0.263 e. The molecule has 1 saturated heterocycles. The molecule has 0 aliphatic carbocycles. The fourth-order valence-corrected chi connectivity index (χ4v) is 3.22. The minimum atomic E-state index is -0.306. The number of hydrogen-bond donors (Lipinski definition) is 2. The molecule has 6 nitrogen and oxygen atoms in total. The molecule has 0 saturated carbocycles. The van der Waals surface area contributed by atoms with Gasteiger partial charge in [-0.25, -0.2) is 9.13 Å². The molecule has 1 aliphatic heterocycles. The Morgan fingerprint density at radius 2 is 2.09 bits per heavy atom. The Kier molecular flexibility index (Phi) is 3.75. The zero-order chi connectivity index (χ0) is 15.7. The largest absolute Gasteiger partial charge is 0.399 e. The number of carbonyl (C=O) groups excluding carboxylic acids is 1. The molecule has 1 aliphatic rings. The molecule has 6 heteroatoms. The number of primary amides is 1. The van der Waals surface area contributed by atoms with Crippen LogP contribution in [0.25, 0.3) is 0 Å². The minimum Gasteiger partial charge on any atom is -0.399 e. The number of carbonyl (C=O) groups is 1. The molecule has 1 aromatic heterocycles. The van der Waals surface area contributed by atoms with Gasteiger partial charge in [-0.15, -0.1) is 0 Å². The molecule has 22 heavy (non-hydrogen) atoms. The summed E-state index contributed by atoms with van der Waals surface area (Å²) in [6.07, 6.45) is 6.67. The number of aromatic nitrogens is 2. The van der Waals surface area contributed by atoms with Crippen molar-refractivity contribution in [1.82, 2.24) is 4.57 Å². The van der Waals surface area contributed by atoms with E-state index in [0.717, 1.165) is 30.9 Å². The van der Waals surface area contributed by atoms with Crippen LogP contribution >= 0.6 is 0 Å². The van der Waals surface area contributed by atoms with Crippen molar-refractivity contribution in [2.75, 3.05) is 23.7 Å². The lowest BCUT2D eigenvalue weighted by Crippen LogP contribution is -2.35. The van der Waals surface area contributed by atoms with Crippen LogP contribution in [0, 0.1) is 5.92 Å². The van der Waals surface area contributed by atoms with Crippen LogP contribution in [0.2, 0.25) is 0 Å². The molecular formula is C16H22N5O+. The lowest BCUT2D eigenvalue weighted by atomic mass is 9.98. The molecule has 2 aromatic rings. The number of nitrogen functional groups attached to an aromatic ring is 1. The number of rotatable bonds is 4. The van der Waals surface area contributed by atoms with E-state index < -0.39 is 0 Å². The quantitative estimate of drug-likeness (QED) is 0.635. The predicted molar refractivity (Wildman–Crippen MR) is 85.0 cm³/mol. The third-order valence-electron chi connectivity index (χ3n) is 4.33. The maximum absolute atomic E-state index is 11.9. The Bertz CT molecular complexity index is 663. The highest BCUT2D eigenvalue weighted by molar-refractivity contribution is 5.79. The second-order valence-corrected chi connectivity index (χ2v) is 5.96. The minimum absolute atomic E-state index is 0.211. The van der Waals surface area contributed by atoms with E-state index in [0.29, 0.717) is 0 Å². The summed E-state index contributed by atoms with van der Waals surface area (Å²) in [5.41, 5.74) is 13.3. The Morgan fingerprint density at radius 1 is 1.36 bits per heavy atom. The molecule has 2 heterocycles. The number of aryl methyl sites for hydroxylation is 1. The van der Waals surface area contributed by atoms with Crippen LogP contribution in [-0.4, -0.2) is 23.6 Å². The smallest absolute Gasteiger partial charge is 0.263 e. The van der Waals surface area contributed by atoms with Gasteiger partial charge in [0.15, 0.2) is 6.04 Å². The van der Waals surface area contributed by atoms with Gasteiger partial charge in [0.1, 0.15) is 12.4 Å². The average Bonchev–Trinajstić information content (AvgIpc) is 3.10. The van der Waals surface area contributed by atoms with Gasteiger partial charge in [0, 0.05) is 30.4 Å². The van der Waals surface area contributed by atoms with Crippen molar-refractivity contribution < 1.29 is 9.36 Å². The molecule has 1 fully saturated rings. The third-order valence-corrected chi connectivity index (χ3v) is 4.33. The Labute approximate surface area is 129 Å². The van der Waals surface area contributed by atoms with Gasteiger partial charge in [-0.3, -0.25) is 4.79 Å². The van der Waals surface area contributed by atoms with E-state index in [1.807, 2.05) is 59.2 Å².